The summed E-state index contributed by atoms with van der Waals surface area (Å²) in [5.41, 5.74) is 0. The first-order chi connectivity index (χ1) is 3.33. The quantitative estimate of drug-likeness (QED) is 0.377. The first-order valence-corrected chi connectivity index (χ1v) is 2.30. The second kappa shape index (κ2) is 1.88. The normalized spacial score (nSPS) is 24.1. The Morgan fingerprint density at radius 1 is 1.57 bits per heavy atom. The van der Waals surface area contributed by atoms with Gasteiger partial charge in [0.15, 0.2) is 7.31 Å². The van der Waals surface area contributed by atoms with E-state index in [9.17, 15) is 0 Å². The molecule has 0 bridgehead atoms. The molecule has 3 radical (unpaired) electrons. The molecule has 1 saturated heterocycles. The summed E-state index contributed by atoms with van der Waals surface area (Å²) in [6.45, 7) is 1.97. The lowest BCUT2D eigenvalue weighted by molar-refractivity contribution is 0.0681. The van der Waals surface area contributed by atoms with E-state index in [1.165, 1.54) is 0 Å². The minimum absolute atomic E-state index is 0.983. The van der Waals surface area contributed by atoms with Crippen LogP contribution >= 0.6 is 0 Å². The third kappa shape index (κ3) is 0.982. The van der Waals surface area contributed by atoms with Crippen LogP contribution in [0.5, 0.6) is 0 Å². The molecular formula is C3H7B2N2. The average Bonchev–Trinajstić information content (AvgIpc) is 1.58. The molecule has 4 heteroatoms. The molecule has 1 aliphatic rings. The topological polar surface area (TPSA) is 6.48 Å². The summed E-state index contributed by atoms with van der Waals surface area (Å²) in [6.07, 6.45) is 0. The van der Waals surface area contributed by atoms with Gasteiger partial charge in [0.25, 0.3) is 0 Å². The number of hydrogen-bond acceptors (Lipinski definition) is 2. The van der Waals surface area contributed by atoms with Gasteiger partial charge in [-0.05, 0) is 7.05 Å². The summed E-state index contributed by atoms with van der Waals surface area (Å²) < 4.78 is 0. The molecule has 0 atom stereocenters. The van der Waals surface area contributed by atoms with E-state index < -0.39 is 0 Å². The zero-order chi connectivity index (χ0) is 5.28. The summed E-state index contributed by atoms with van der Waals surface area (Å²) in [6, 6.07) is 0. The summed E-state index contributed by atoms with van der Waals surface area (Å²) in [5.74, 6) is 0. The lowest BCUT2D eigenvalue weighted by Crippen LogP contribution is -2.54. The van der Waals surface area contributed by atoms with Gasteiger partial charge < -0.3 is 4.81 Å². The van der Waals surface area contributed by atoms with E-state index in [2.05, 4.69) is 11.9 Å². The van der Waals surface area contributed by atoms with Gasteiger partial charge >= 0.3 is 0 Å². The van der Waals surface area contributed by atoms with Crippen LogP contribution in [-0.4, -0.2) is 45.1 Å². The van der Waals surface area contributed by atoms with E-state index in [4.69, 9.17) is 7.74 Å². The molecule has 1 rings (SSSR count). The summed E-state index contributed by atoms with van der Waals surface area (Å²) in [7, 11) is 8.84. The molecule has 0 spiro atoms. The smallest absolute Gasteiger partial charge is 0.152 e. The maximum atomic E-state index is 5.17. The molecule has 35 valence electrons. The predicted molar refractivity (Wildman–Crippen MR) is 30.8 cm³/mol. The van der Waals surface area contributed by atoms with Crippen molar-refractivity contribution in [1.29, 1.82) is 0 Å². The van der Waals surface area contributed by atoms with Gasteiger partial charge in [0, 0.05) is 21.1 Å². The van der Waals surface area contributed by atoms with E-state index in [0.717, 1.165) is 13.3 Å². The van der Waals surface area contributed by atoms with Gasteiger partial charge in [-0.1, -0.05) is 0 Å². The van der Waals surface area contributed by atoms with Crippen LogP contribution in [0.3, 0.4) is 0 Å². The highest BCUT2D eigenvalue weighted by molar-refractivity contribution is 6.87. The van der Waals surface area contributed by atoms with Crippen molar-refractivity contribution in [1.82, 2.24) is 9.71 Å². The second-order valence-electron chi connectivity index (χ2n) is 1.88. The van der Waals surface area contributed by atoms with Crippen molar-refractivity contribution in [2.45, 2.75) is 0 Å². The first-order valence-electron chi connectivity index (χ1n) is 2.30. The summed E-state index contributed by atoms with van der Waals surface area (Å²) in [5, 5.41) is 0. The molecule has 0 aromatic carbocycles. The van der Waals surface area contributed by atoms with Gasteiger partial charge in [0.1, 0.15) is 0 Å². The van der Waals surface area contributed by atoms with Gasteiger partial charge in [-0.2, -0.15) is 0 Å². The number of nitrogens with zero attached hydrogens (tertiary/aromatic N) is 2. The molecule has 0 aromatic rings. The molecule has 0 amide bonds. The van der Waals surface area contributed by atoms with E-state index in [1.54, 1.807) is 7.31 Å². The van der Waals surface area contributed by atoms with Crippen LogP contribution in [0.25, 0.3) is 0 Å². The molecule has 1 aliphatic heterocycles. The highest BCUT2D eigenvalue weighted by Gasteiger charge is 2.15. The van der Waals surface area contributed by atoms with Crippen LogP contribution in [0.4, 0.5) is 0 Å². The Kier molecular flexibility index (Phi) is 1.40. The molecule has 2 nitrogen and oxygen atoms in total. The van der Waals surface area contributed by atoms with Crippen molar-refractivity contribution in [3.8, 4) is 0 Å². The van der Waals surface area contributed by atoms with Gasteiger partial charge in [0.05, 0.1) is 0 Å². The van der Waals surface area contributed by atoms with Crippen LogP contribution < -0.4 is 0 Å². The maximum Gasteiger partial charge on any atom is 0.152 e. The number of hydrogen-bond donors (Lipinski definition) is 0. The Labute approximate surface area is 46.1 Å². The molecule has 0 unspecified atom stereocenters. The van der Waals surface area contributed by atoms with E-state index >= 15 is 0 Å². The third-order valence-electron chi connectivity index (χ3n) is 1.06. The SMILES string of the molecule is [B][B]N1CN(C)C1. The van der Waals surface area contributed by atoms with Crippen LogP contribution in [0.1, 0.15) is 0 Å². The predicted octanol–water partition coefficient (Wildman–Crippen LogP) is -1.15. The lowest BCUT2D eigenvalue weighted by Gasteiger charge is -2.39. The zero-order valence-electron chi connectivity index (χ0n) is 4.46. The van der Waals surface area contributed by atoms with Crippen LogP contribution in [0, 0.1) is 0 Å². The lowest BCUT2D eigenvalue weighted by atomic mass is 9.65. The molecule has 1 fully saturated rings. The fourth-order valence-electron chi connectivity index (χ4n) is 0.673. The molecule has 0 saturated carbocycles. The Bertz CT molecular complexity index is 62.0. The van der Waals surface area contributed by atoms with Crippen molar-refractivity contribution in [2.75, 3.05) is 20.4 Å². The fraction of sp³-hybridized carbons (Fsp3) is 1.00. The molecule has 1 heterocycles. The fourth-order valence-corrected chi connectivity index (χ4v) is 0.673. The van der Waals surface area contributed by atoms with E-state index in [-0.39, 0.29) is 0 Å². The highest BCUT2D eigenvalue weighted by atomic mass is 15.4. The second-order valence-corrected chi connectivity index (χ2v) is 1.88. The van der Waals surface area contributed by atoms with Crippen LogP contribution in [-0.2, 0) is 0 Å². The first kappa shape index (κ1) is 5.19. The highest BCUT2D eigenvalue weighted by Crippen LogP contribution is 1.99. The minimum atomic E-state index is 0.983. The molecule has 0 aromatic heterocycles. The Morgan fingerprint density at radius 3 is 2.29 bits per heavy atom. The van der Waals surface area contributed by atoms with Crippen LogP contribution in [0.2, 0.25) is 0 Å². The molecule has 7 heavy (non-hydrogen) atoms. The monoisotopic (exact) mass is 93.1 g/mol. The molecule has 0 N–H and O–H groups in total. The van der Waals surface area contributed by atoms with Gasteiger partial charge in [-0.15, -0.1) is 0 Å². The summed E-state index contributed by atoms with van der Waals surface area (Å²) in [4.78, 5) is 4.20. The molecule has 0 aliphatic carbocycles. The van der Waals surface area contributed by atoms with Gasteiger partial charge in [-0.3, -0.25) is 4.90 Å². The standard InChI is InChI=1S/C3H7B2N2/c1-6-2-7(3-6)5-4/h2-3H2,1H3. The van der Waals surface area contributed by atoms with Crippen molar-refractivity contribution in [2.24, 2.45) is 0 Å². The molecular weight excluding hydrogens is 85.7 g/mol. The van der Waals surface area contributed by atoms with Crippen molar-refractivity contribution >= 4 is 15.0 Å². The average molecular weight is 92.7 g/mol. The van der Waals surface area contributed by atoms with E-state index in [1.807, 2.05) is 4.81 Å². The Balaban J connectivity index is 2.06. The van der Waals surface area contributed by atoms with Crippen molar-refractivity contribution in [3.63, 3.8) is 0 Å². The van der Waals surface area contributed by atoms with Crippen molar-refractivity contribution in [3.05, 3.63) is 0 Å². The summed E-state index contributed by atoms with van der Waals surface area (Å²) >= 11 is 0. The van der Waals surface area contributed by atoms with Gasteiger partial charge in [-0.25, -0.2) is 0 Å². The third-order valence-corrected chi connectivity index (χ3v) is 1.06. The maximum absolute atomic E-state index is 5.17. The van der Waals surface area contributed by atoms with Crippen molar-refractivity contribution < 1.29 is 0 Å². The van der Waals surface area contributed by atoms with Crippen LogP contribution in [0.15, 0.2) is 0 Å². The van der Waals surface area contributed by atoms with Gasteiger partial charge in [0.2, 0.25) is 0 Å². The Morgan fingerprint density at radius 2 is 2.14 bits per heavy atom. The zero-order valence-corrected chi connectivity index (χ0v) is 4.46. The van der Waals surface area contributed by atoms with E-state index in [0.29, 0.717) is 0 Å². The minimum Gasteiger partial charge on any atom is -0.333 e. The number of rotatable bonds is 1. The Hall–Kier alpha value is 0.0499. The largest absolute Gasteiger partial charge is 0.333 e.